The Bertz CT molecular complexity index is 965. The van der Waals surface area contributed by atoms with Gasteiger partial charge in [0.15, 0.2) is 0 Å². The maximum Gasteiger partial charge on any atom is 0.238 e. The van der Waals surface area contributed by atoms with Crippen LogP contribution in [0.25, 0.3) is 10.9 Å². The molecule has 0 spiro atoms. The molecule has 0 aliphatic heterocycles. The molecular weight excluding hydrogens is 385 g/mol. The Kier molecular flexibility index (Phi) is 4.16. The second-order valence-electron chi connectivity index (χ2n) is 4.91. The minimum absolute atomic E-state index is 0.0161. The SMILES string of the molecule is CCS(=O)(=O)n1ccc2cc(Oc3ccc(F)cc3)c(Br)cc21. The number of nitrogens with zero attached hydrogens (tertiary/aromatic N) is 1. The predicted octanol–water partition coefficient (Wildman–Crippen LogP) is 4.53. The topological polar surface area (TPSA) is 48.3 Å². The number of rotatable bonds is 4. The van der Waals surface area contributed by atoms with Gasteiger partial charge < -0.3 is 4.74 Å². The molecule has 0 aliphatic carbocycles. The molecule has 1 aromatic heterocycles. The van der Waals surface area contributed by atoms with E-state index in [1.165, 1.54) is 34.4 Å². The van der Waals surface area contributed by atoms with Crippen molar-refractivity contribution < 1.29 is 17.5 Å². The van der Waals surface area contributed by atoms with Crippen LogP contribution in [0.3, 0.4) is 0 Å². The van der Waals surface area contributed by atoms with Gasteiger partial charge in [-0.15, -0.1) is 0 Å². The average Bonchev–Trinajstić information content (AvgIpc) is 2.93. The summed E-state index contributed by atoms with van der Waals surface area (Å²) in [7, 11) is -3.36. The zero-order valence-electron chi connectivity index (χ0n) is 12.2. The molecule has 0 aliphatic rings. The zero-order valence-corrected chi connectivity index (χ0v) is 14.6. The Labute approximate surface area is 141 Å². The minimum Gasteiger partial charge on any atom is -0.456 e. The molecule has 0 amide bonds. The predicted molar refractivity (Wildman–Crippen MR) is 91.0 cm³/mol. The number of fused-ring (bicyclic) bond motifs is 1. The summed E-state index contributed by atoms with van der Waals surface area (Å²) in [6.45, 7) is 1.60. The highest BCUT2D eigenvalue weighted by molar-refractivity contribution is 9.10. The van der Waals surface area contributed by atoms with Crippen LogP contribution in [0.5, 0.6) is 11.5 Å². The number of hydrogen-bond donors (Lipinski definition) is 0. The largest absolute Gasteiger partial charge is 0.456 e. The molecule has 23 heavy (non-hydrogen) atoms. The molecular formula is C16H13BrFNO3S. The molecule has 3 rings (SSSR count). The smallest absolute Gasteiger partial charge is 0.238 e. The van der Waals surface area contributed by atoms with Crippen molar-refractivity contribution in [1.82, 2.24) is 3.97 Å². The minimum atomic E-state index is -3.36. The van der Waals surface area contributed by atoms with Crippen LogP contribution in [-0.2, 0) is 10.0 Å². The van der Waals surface area contributed by atoms with Crippen molar-refractivity contribution in [2.75, 3.05) is 5.75 Å². The molecule has 0 N–H and O–H groups in total. The number of halogens is 2. The first-order valence-corrected chi connectivity index (χ1v) is 9.28. The fourth-order valence-corrected chi connectivity index (χ4v) is 3.60. The summed E-state index contributed by atoms with van der Waals surface area (Å²) in [6, 6.07) is 10.8. The molecule has 0 atom stereocenters. The third-order valence-electron chi connectivity index (χ3n) is 3.41. The van der Waals surface area contributed by atoms with Crippen LogP contribution in [0.4, 0.5) is 4.39 Å². The van der Waals surface area contributed by atoms with Crippen molar-refractivity contribution in [3.63, 3.8) is 0 Å². The van der Waals surface area contributed by atoms with Crippen LogP contribution in [0.2, 0.25) is 0 Å². The van der Waals surface area contributed by atoms with E-state index in [9.17, 15) is 12.8 Å². The van der Waals surface area contributed by atoms with Gasteiger partial charge in [-0.3, -0.25) is 0 Å². The number of benzene rings is 2. The van der Waals surface area contributed by atoms with Gasteiger partial charge in [0, 0.05) is 11.6 Å². The highest BCUT2D eigenvalue weighted by atomic mass is 79.9. The maximum atomic E-state index is 12.9. The summed E-state index contributed by atoms with van der Waals surface area (Å²) in [4.78, 5) is 0. The molecule has 3 aromatic rings. The maximum absolute atomic E-state index is 12.9. The highest BCUT2D eigenvalue weighted by Crippen LogP contribution is 2.34. The van der Waals surface area contributed by atoms with Gasteiger partial charge in [-0.1, -0.05) is 0 Å². The van der Waals surface area contributed by atoms with Gasteiger partial charge in [0.2, 0.25) is 10.0 Å². The monoisotopic (exact) mass is 397 g/mol. The summed E-state index contributed by atoms with van der Waals surface area (Å²) in [5, 5.41) is 0.738. The first-order valence-electron chi connectivity index (χ1n) is 6.88. The third kappa shape index (κ3) is 3.11. The molecule has 4 nitrogen and oxygen atoms in total. The molecule has 2 aromatic carbocycles. The van der Waals surface area contributed by atoms with Crippen LogP contribution in [-0.4, -0.2) is 18.1 Å². The molecule has 0 saturated carbocycles. The van der Waals surface area contributed by atoms with Crippen LogP contribution >= 0.6 is 15.9 Å². The lowest BCUT2D eigenvalue weighted by Gasteiger charge is -2.10. The highest BCUT2D eigenvalue weighted by Gasteiger charge is 2.15. The van der Waals surface area contributed by atoms with E-state index in [-0.39, 0.29) is 11.6 Å². The number of hydrogen-bond acceptors (Lipinski definition) is 3. The fourth-order valence-electron chi connectivity index (χ4n) is 2.20. The van der Waals surface area contributed by atoms with Crippen LogP contribution in [0.1, 0.15) is 6.92 Å². The van der Waals surface area contributed by atoms with E-state index in [1.54, 1.807) is 25.1 Å². The Hall–Kier alpha value is -1.86. The molecule has 120 valence electrons. The standard InChI is InChI=1S/C16H13BrFNO3S/c1-2-23(20,21)19-8-7-11-9-16(14(17)10-15(11)19)22-13-5-3-12(18)4-6-13/h3-10H,2H2,1H3. The van der Waals surface area contributed by atoms with Gasteiger partial charge in [0.05, 0.1) is 15.7 Å². The van der Waals surface area contributed by atoms with Gasteiger partial charge >= 0.3 is 0 Å². The molecule has 0 fully saturated rings. The van der Waals surface area contributed by atoms with Crippen LogP contribution in [0, 0.1) is 5.82 Å². The summed E-state index contributed by atoms with van der Waals surface area (Å²) in [6.07, 6.45) is 1.53. The van der Waals surface area contributed by atoms with E-state index in [1.807, 2.05) is 0 Å². The summed E-state index contributed by atoms with van der Waals surface area (Å²) >= 11 is 3.39. The molecule has 0 unspecified atom stereocenters. The number of ether oxygens (including phenoxy) is 1. The van der Waals surface area contributed by atoms with Crippen molar-refractivity contribution >= 4 is 36.9 Å². The Morgan fingerprint density at radius 3 is 2.52 bits per heavy atom. The number of aromatic nitrogens is 1. The van der Waals surface area contributed by atoms with Gasteiger partial charge in [0.1, 0.15) is 17.3 Å². The van der Waals surface area contributed by atoms with Crippen LogP contribution in [0.15, 0.2) is 53.1 Å². The van der Waals surface area contributed by atoms with Crippen molar-refractivity contribution in [1.29, 1.82) is 0 Å². The Morgan fingerprint density at radius 1 is 1.17 bits per heavy atom. The summed E-state index contributed by atoms with van der Waals surface area (Å²) in [5.74, 6) is 0.693. The lowest BCUT2D eigenvalue weighted by molar-refractivity contribution is 0.478. The zero-order chi connectivity index (χ0) is 16.6. The van der Waals surface area contributed by atoms with Gasteiger partial charge in [-0.2, -0.15) is 0 Å². The normalized spacial score (nSPS) is 11.8. The summed E-state index contributed by atoms with van der Waals surface area (Å²) in [5.41, 5.74) is 0.574. The average molecular weight is 398 g/mol. The van der Waals surface area contributed by atoms with E-state index in [4.69, 9.17) is 4.74 Å². The molecule has 0 saturated heterocycles. The second-order valence-corrected chi connectivity index (χ2v) is 7.90. The molecule has 7 heteroatoms. The molecule has 0 radical (unpaired) electrons. The fraction of sp³-hybridized carbons (Fsp3) is 0.125. The van der Waals surface area contributed by atoms with E-state index < -0.39 is 10.0 Å². The van der Waals surface area contributed by atoms with Crippen molar-refractivity contribution in [2.45, 2.75) is 6.92 Å². The van der Waals surface area contributed by atoms with E-state index in [2.05, 4.69) is 15.9 Å². The van der Waals surface area contributed by atoms with Crippen molar-refractivity contribution in [3.05, 3.63) is 59.0 Å². The van der Waals surface area contributed by atoms with Gasteiger partial charge in [-0.05, 0) is 65.3 Å². The Balaban J connectivity index is 2.04. The first kappa shape index (κ1) is 16.0. The Morgan fingerprint density at radius 2 is 1.87 bits per heavy atom. The second kappa shape index (κ2) is 5.98. The quantitative estimate of drug-likeness (QED) is 0.649. The van der Waals surface area contributed by atoms with Gasteiger partial charge in [-0.25, -0.2) is 16.8 Å². The van der Waals surface area contributed by atoms with E-state index >= 15 is 0 Å². The van der Waals surface area contributed by atoms with E-state index in [0.29, 0.717) is 21.5 Å². The van der Waals surface area contributed by atoms with Crippen molar-refractivity contribution in [3.8, 4) is 11.5 Å². The third-order valence-corrected chi connectivity index (χ3v) is 5.68. The lowest BCUT2D eigenvalue weighted by Crippen LogP contribution is -2.13. The molecule has 0 bridgehead atoms. The summed E-state index contributed by atoms with van der Waals surface area (Å²) < 4.78 is 44.7. The van der Waals surface area contributed by atoms with Gasteiger partial charge in [0.25, 0.3) is 0 Å². The lowest BCUT2D eigenvalue weighted by atomic mass is 10.2. The van der Waals surface area contributed by atoms with Crippen molar-refractivity contribution in [2.24, 2.45) is 0 Å². The van der Waals surface area contributed by atoms with E-state index in [0.717, 1.165) is 5.39 Å². The van der Waals surface area contributed by atoms with Crippen LogP contribution < -0.4 is 4.74 Å². The first-order chi connectivity index (χ1) is 10.9. The molecule has 1 heterocycles.